The molecule has 0 fully saturated rings. The highest BCUT2D eigenvalue weighted by Gasteiger charge is 2.19. The lowest BCUT2D eigenvalue weighted by molar-refractivity contribution is 0.353. The van der Waals surface area contributed by atoms with Crippen LogP contribution >= 0.6 is 11.3 Å². The number of hydrazone groups is 1. The van der Waals surface area contributed by atoms with Gasteiger partial charge in [-0.15, -0.1) is 11.3 Å². The third kappa shape index (κ3) is 3.34. The lowest BCUT2D eigenvalue weighted by Crippen LogP contribution is -2.07. The third-order valence-electron chi connectivity index (χ3n) is 4.56. The van der Waals surface area contributed by atoms with E-state index in [9.17, 15) is 0 Å². The Kier molecular flexibility index (Phi) is 4.25. The average molecular weight is 366 g/mol. The van der Waals surface area contributed by atoms with Crippen LogP contribution in [0.4, 0.5) is 5.82 Å². The number of thiophene rings is 1. The summed E-state index contributed by atoms with van der Waals surface area (Å²) in [5, 5.41) is 5.43. The highest BCUT2D eigenvalue weighted by molar-refractivity contribution is 7.18. The van der Waals surface area contributed by atoms with Gasteiger partial charge in [0, 0.05) is 18.0 Å². The summed E-state index contributed by atoms with van der Waals surface area (Å²) < 4.78 is 0. The molecule has 0 saturated heterocycles. The van der Waals surface area contributed by atoms with E-state index < -0.39 is 0 Å². The Hall–Kier alpha value is -2.31. The van der Waals surface area contributed by atoms with Crippen molar-refractivity contribution in [3.8, 4) is 0 Å². The molecule has 4 rings (SSSR count). The number of anilines is 1. The average Bonchev–Trinajstić information content (AvgIpc) is 3.17. The molecule has 0 bridgehead atoms. The van der Waals surface area contributed by atoms with Crippen LogP contribution in [0.25, 0.3) is 10.2 Å². The van der Waals surface area contributed by atoms with Gasteiger partial charge in [0.1, 0.15) is 11.2 Å². The SMILES string of the molecule is CN1Cc2ccc(C=NNc3ncnc4sc(C(C)(C)C)cc34)cc2C1. The Labute approximate surface area is 157 Å². The first-order valence-corrected chi connectivity index (χ1v) is 9.56. The Morgan fingerprint density at radius 2 is 1.96 bits per heavy atom. The molecule has 0 unspecified atom stereocenters. The van der Waals surface area contributed by atoms with Gasteiger partial charge in [0.25, 0.3) is 0 Å². The molecule has 0 aliphatic carbocycles. The minimum atomic E-state index is 0.101. The Morgan fingerprint density at radius 3 is 2.77 bits per heavy atom. The van der Waals surface area contributed by atoms with Crippen LogP contribution in [0.3, 0.4) is 0 Å². The van der Waals surface area contributed by atoms with E-state index in [1.807, 2.05) is 6.21 Å². The molecule has 0 saturated carbocycles. The molecule has 0 atom stereocenters. The molecule has 26 heavy (non-hydrogen) atoms. The van der Waals surface area contributed by atoms with Crippen LogP contribution < -0.4 is 5.43 Å². The molecule has 5 nitrogen and oxygen atoms in total. The van der Waals surface area contributed by atoms with Crippen LogP contribution in [0, 0.1) is 0 Å². The number of aromatic nitrogens is 2. The lowest BCUT2D eigenvalue weighted by Gasteiger charge is -2.14. The minimum Gasteiger partial charge on any atom is -0.298 e. The molecule has 3 heterocycles. The monoisotopic (exact) mass is 365 g/mol. The second-order valence-electron chi connectivity index (χ2n) is 7.87. The van der Waals surface area contributed by atoms with E-state index in [1.165, 1.54) is 16.0 Å². The molecule has 1 aliphatic heterocycles. The van der Waals surface area contributed by atoms with Gasteiger partial charge in [-0.1, -0.05) is 32.9 Å². The summed E-state index contributed by atoms with van der Waals surface area (Å²) in [6.45, 7) is 8.66. The highest BCUT2D eigenvalue weighted by Crippen LogP contribution is 2.35. The fraction of sp³-hybridized carbons (Fsp3) is 0.350. The number of hydrogen-bond donors (Lipinski definition) is 1. The van der Waals surface area contributed by atoms with Crippen molar-refractivity contribution in [3.05, 3.63) is 52.2 Å². The van der Waals surface area contributed by atoms with Crippen LogP contribution in [0.2, 0.25) is 0 Å². The molecular weight excluding hydrogens is 342 g/mol. The highest BCUT2D eigenvalue weighted by atomic mass is 32.1. The van der Waals surface area contributed by atoms with E-state index in [4.69, 9.17) is 0 Å². The summed E-state index contributed by atoms with van der Waals surface area (Å²) in [5.41, 5.74) is 7.08. The van der Waals surface area contributed by atoms with Crippen molar-refractivity contribution in [2.24, 2.45) is 5.10 Å². The van der Waals surface area contributed by atoms with Crippen LogP contribution in [-0.4, -0.2) is 28.1 Å². The molecule has 134 valence electrons. The summed E-state index contributed by atoms with van der Waals surface area (Å²) in [5.74, 6) is 0.749. The van der Waals surface area contributed by atoms with Crippen molar-refractivity contribution in [2.75, 3.05) is 12.5 Å². The molecule has 2 aromatic heterocycles. The molecule has 1 aliphatic rings. The first kappa shape index (κ1) is 17.1. The first-order valence-electron chi connectivity index (χ1n) is 8.74. The van der Waals surface area contributed by atoms with Crippen molar-refractivity contribution < 1.29 is 0 Å². The normalized spacial score (nSPS) is 15.1. The van der Waals surface area contributed by atoms with Crippen molar-refractivity contribution in [2.45, 2.75) is 39.3 Å². The smallest absolute Gasteiger partial charge is 0.158 e. The predicted molar refractivity (Wildman–Crippen MR) is 109 cm³/mol. The topological polar surface area (TPSA) is 53.4 Å². The van der Waals surface area contributed by atoms with Crippen LogP contribution in [0.15, 0.2) is 35.7 Å². The van der Waals surface area contributed by atoms with Gasteiger partial charge in [0.05, 0.1) is 11.6 Å². The van der Waals surface area contributed by atoms with Gasteiger partial charge < -0.3 is 0 Å². The van der Waals surface area contributed by atoms with Crippen LogP contribution in [0.1, 0.15) is 42.3 Å². The summed E-state index contributed by atoms with van der Waals surface area (Å²) in [6, 6.07) is 8.68. The Bertz CT molecular complexity index is 984. The van der Waals surface area contributed by atoms with E-state index >= 15 is 0 Å². The third-order valence-corrected chi connectivity index (χ3v) is 6.03. The maximum Gasteiger partial charge on any atom is 0.158 e. The lowest BCUT2D eigenvalue weighted by atomic mass is 9.94. The summed E-state index contributed by atoms with van der Waals surface area (Å²) in [4.78, 5) is 13.4. The fourth-order valence-corrected chi connectivity index (χ4v) is 4.20. The summed E-state index contributed by atoms with van der Waals surface area (Å²) in [6.07, 6.45) is 3.44. The van der Waals surface area contributed by atoms with Gasteiger partial charge in [0.15, 0.2) is 5.82 Å². The maximum absolute atomic E-state index is 4.40. The second-order valence-corrected chi connectivity index (χ2v) is 8.90. The van der Waals surface area contributed by atoms with Crippen molar-refractivity contribution in [1.82, 2.24) is 14.9 Å². The van der Waals surface area contributed by atoms with Gasteiger partial charge in [-0.3, -0.25) is 10.3 Å². The number of hydrogen-bond acceptors (Lipinski definition) is 6. The minimum absolute atomic E-state index is 0.101. The largest absolute Gasteiger partial charge is 0.298 e. The molecule has 1 aromatic carbocycles. The number of benzene rings is 1. The van der Waals surface area contributed by atoms with Crippen molar-refractivity contribution in [3.63, 3.8) is 0 Å². The standard InChI is InChI=1S/C20H23N5S/c1-20(2,3)17-8-16-18(21-12-22-19(16)26-17)24-23-9-13-5-6-14-10-25(4)11-15(14)7-13/h5-9,12H,10-11H2,1-4H3,(H,21,22,24). The van der Waals surface area contributed by atoms with Crippen LogP contribution in [0.5, 0.6) is 0 Å². The van der Waals surface area contributed by atoms with Crippen molar-refractivity contribution in [1.29, 1.82) is 0 Å². The van der Waals surface area contributed by atoms with E-state index in [1.54, 1.807) is 17.7 Å². The van der Waals surface area contributed by atoms with E-state index in [2.05, 4.69) is 77.5 Å². The van der Waals surface area contributed by atoms with E-state index in [0.717, 1.165) is 34.7 Å². The number of nitrogens with zero attached hydrogens (tertiary/aromatic N) is 4. The molecular formula is C20H23N5S. The number of rotatable bonds is 3. The van der Waals surface area contributed by atoms with Gasteiger partial charge in [0.2, 0.25) is 0 Å². The van der Waals surface area contributed by atoms with Gasteiger partial charge in [-0.05, 0) is 41.3 Å². The summed E-state index contributed by atoms with van der Waals surface area (Å²) in [7, 11) is 2.14. The van der Waals surface area contributed by atoms with Gasteiger partial charge in [-0.2, -0.15) is 5.10 Å². The fourth-order valence-electron chi connectivity index (χ4n) is 3.15. The molecule has 1 N–H and O–H groups in total. The Morgan fingerprint density at radius 1 is 1.15 bits per heavy atom. The zero-order valence-corrected chi connectivity index (χ0v) is 16.4. The quantitative estimate of drug-likeness (QED) is 0.553. The van der Waals surface area contributed by atoms with Crippen LogP contribution in [-0.2, 0) is 18.5 Å². The maximum atomic E-state index is 4.40. The van der Waals surface area contributed by atoms with Gasteiger partial charge >= 0.3 is 0 Å². The first-order chi connectivity index (χ1) is 12.4. The van der Waals surface area contributed by atoms with E-state index in [0.29, 0.717) is 0 Å². The zero-order chi connectivity index (χ0) is 18.3. The molecule has 6 heteroatoms. The summed E-state index contributed by atoms with van der Waals surface area (Å²) >= 11 is 1.71. The number of nitrogens with one attached hydrogen (secondary N) is 1. The molecule has 3 aromatic rings. The van der Waals surface area contributed by atoms with E-state index in [-0.39, 0.29) is 5.41 Å². The molecule has 0 spiro atoms. The second kappa shape index (κ2) is 6.45. The molecule has 0 radical (unpaired) electrons. The number of fused-ring (bicyclic) bond motifs is 2. The van der Waals surface area contributed by atoms with Gasteiger partial charge in [-0.25, -0.2) is 9.97 Å². The molecule has 0 amide bonds. The van der Waals surface area contributed by atoms with Crippen molar-refractivity contribution >= 4 is 33.6 Å². The zero-order valence-electron chi connectivity index (χ0n) is 15.6. The Balaban J connectivity index is 1.56. The predicted octanol–water partition coefficient (Wildman–Crippen LogP) is 4.38.